The zero-order chi connectivity index (χ0) is 6.55. The summed E-state index contributed by atoms with van der Waals surface area (Å²) in [4.78, 5) is 0. The number of fused-ring (bicyclic) bond motifs is 3. The summed E-state index contributed by atoms with van der Waals surface area (Å²) in [6, 6.07) is 0.431. The molecule has 0 aromatic heterocycles. The number of rotatable bonds is 0. The summed E-state index contributed by atoms with van der Waals surface area (Å²) >= 11 is 0. The lowest BCUT2D eigenvalue weighted by atomic mass is 10.2. The molecule has 2 aliphatic heterocycles. The van der Waals surface area contributed by atoms with Gasteiger partial charge in [-0.3, -0.25) is 5.01 Å². The molecule has 0 radical (unpaired) electrons. The number of hydrogen-bond acceptors (Lipinski definition) is 2. The van der Waals surface area contributed by atoms with Crippen molar-refractivity contribution >= 4 is 6.21 Å². The van der Waals surface area contributed by atoms with Crippen molar-refractivity contribution in [3.8, 4) is 0 Å². The Hall–Kier alpha value is -1.31. The van der Waals surface area contributed by atoms with Crippen LogP contribution in [0.25, 0.3) is 0 Å². The number of hydrogen-bond donors (Lipinski definition) is 0. The molecule has 0 amide bonds. The molecule has 3 rings (SSSR count). The van der Waals surface area contributed by atoms with Crippen LogP contribution in [0.1, 0.15) is 0 Å². The predicted octanol–water partition coefficient (Wildman–Crippen LogP) is 1.05. The van der Waals surface area contributed by atoms with E-state index in [2.05, 4.69) is 23.5 Å². The molecule has 0 saturated carbocycles. The van der Waals surface area contributed by atoms with Crippen LogP contribution in [-0.2, 0) is 0 Å². The first-order chi connectivity index (χ1) is 4.95. The number of nitrogens with zero attached hydrogens (tertiary/aromatic N) is 2. The van der Waals surface area contributed by atoms with Crippen LogP contribution in [0.4, 0.5) is 0 Å². The van der Waals surface area contributed by atoms with Gasteiger partial charge in [-0.15, -0.1) is 0 Å². The first-order valence-corrected chi connectivity index (χ1v) is 3.38. The van der Waals surface area contributed by atoms with Crippen LogP contribution >= 0.6 is 0 Å². The Kier molecular flexibility index (Phi) is 0.556. The number of allylic oxidation sites excluding steroid dienone is 2. The standard InChI is InChI=1S/C8H6N2/c1-2-8-7-4-6(7)5-10(8)9-3-1/h1-5,8H. The van der Waals surface area contributed by atoms with Gasteiger partial charge in [-0.2, -0.15) is 5.10 Å². The topological polar surface area (TPSA) is 15.6 Å². The molecule has 0 fully saturated rings. The molecule has 2 heterocycles. The summed E-state index contributed by atoms with van der Waals surface area (Å²) < 4.78 is 0. The molecule has 10 heavy (non-hydrogen) atoms. The van der Waals surface area contributed by atoms with Crippen LogP contribution in [0.5, 0.6) is 0 Å². The second-order valence-electron chi connectivity index (χ2n) is 2.66. The van der Waals surface area contributed by atoms with E-state index < -0.39 is 0 Å². The van der Waals surface area contributed by atoms with Crippen LogP contribution in [0.15, 0.2) is 40.7 Å². The highest BCUT2D eigenvalue weighted by Gasteiger charge is 2.35. The fraction of sp³-hybridized carbons (Fsp3) is 0.125. The van der Waals surface area contributed by atoms with Gasteiger partial charge in [0.1, 0.15) is 0 Å². The van der Waals surface area contributed by atoms with Crippen molar-refractivity contribution in [2.75, 3.05) is 0 Å². The van der Waals surface area contributed by atoms with Gasteiger partial charge in [0.15, 0.2) is 0 Å². The van der Waals surface area contributed by atoms with Gasteiger partial charge in [0.2, 0.25) is 0 Å². The quantitative estimate of drug-likeness (QED) is 0.478. The average molecular weight is 130 g/mol. The van der Waals surface area contributed by atoms with Crippen molar-refractivity contribution in [3.63, 3.8) is 0 Å². The molecule has 0 saturated heterocycles. The van der Waals surface area contributed by atoms with Crippen molar-refractivity contribution in [1.29, 1.82) is 0 Å². The smallest absolute Gasteiger partial charge is 0.0960 e. The van der Waals surface area contributed by atoms with E-state index in [9.17, 15) is 0 Å². The molecular weight excluding hydrogens is 124 g/mol. The predicted molar refractivity (Wildman–Crippen MR) is 39.4 cm³/mol. The number of hydrazone groups is 1. The molecule has 1 atom stereocenters. The van der Waals surface area contributed by atoms with Gasteiger partial charge in [-0.1, -0.05) is 6.08 Å². The monoisotopic (exact) mass is 130 g/mol. The first-order valence-electron chi connectivity index (χ1n) is 3.38. The fourth-order valence-electron chi connectivity index (χ4n) is 1.43. The van der Waals surface area contributed by atoms with E-state index in [0.717, 1.165) is 0 Å². The molecule has 0 spiro atoms. The summed E-state index contributed by atoms with van der Waals surface area (Å²) in [5, 5.41) is 6.17. The summed E-state index contributed by atoms with van der Waals surface area (Å²) in [7, 11) is 0. The normalized spacial score (nSPS) is 31.2. The van der Waals surface area contributed by atoms with Crippen molar-refractivity contribution in [2.45, 2.75) is 6.04 Å². The summed E-state index contributed by atoms with van der Waals surface area (Å²) in [5.41, 5.74) is 2.81. The van der Waals surface area contributed by atoms with Gasteiger partial charge < -0.3 is 0 Å². The van der Waals surface area contributed by atoms with E-state index in [0.29, 0.717) is 6.04 Å². The molecule has 0 N–H and O–H groups in total. The maximum Gasteiger partial charge on any atom is 0.0960 e. The second kappa shape index (κ2) is 1.24. The highest BCUT2D eigenvalue weighted by atomic mass is 15.5. The molecule has 2 nitrogen and oxygen atoms in total. The third-order valence-corrected chi connectivity index (χ3v) is 2.02. The van der Waals surface area contributed by atoms with E-state index in [4.69, 9.17) is 0 Å². The summed E-state index contributed by atoms with van der Waals surface area (Å²) in [6.07, 6.45) is 10.3. The van der Waals surface area contributed by atoms with Crippen molar-refractivity contribution in [2.24, 2.45) is 5.10 Å². The Labute approximate surface area is 58.8 Å². The largest absolute Gasteiger partial charge is 0.261 e. The SMILES string of the molecule is C1=CC2C3=CC3=CN2N=C1. The van der Waals surface area contributed by atoms with Crippen LogP contribution in [0.2, 0.25) is 0 Å². The molecule has 48 valence electrons. The van der Waals surface area contributed by atoms with Gasteiger partial charge in [0.25, 0.3) is 0 Å². The fourth-order valence-corrected chi connectivity index (χ4v) is 1.43. The summed E-state index contributed by atoms with van der Waals surface area (Å²) in [6.45, 7) is 0. The molecule has 2 heteroatoms. The lowest BCUT2D eigenvalue weighted by Gasteiger charge is -2.18. The lowest BCUT2D eigenvalue weighted by molar-refractivity contribution is 0.390. The molecular formula is C8H6N2. The average Bonchev–Trinajstić information content (AvgIpc) is 2.64. The van der Waals surface area contributed by atoms with Crippen LogP contribution < -0.4 is 0 Å². The van der Waals surface area contributed by atoms with Crippen LogP contribution in [-0.4, -0.2) is 17.3 Å². The molecule has 1 aliphatic carbocycles. The molecule has 3 aliphatic rings. The highest BCUT2D eigenvalue weighted by molar-refractivity contribution is 5.75. The third-order valence-electron chi connectivity index (χ3n) is 2.02. The van der Waals surface area contributed by atoms with Crippen LogP contribution in [0, 0.1) is 0 Å². The third kappa shape index (κ3) is 0.386. The van der Waals surface area contributed by atoms with E-state index in [1.54, 1.807) is 0 Å². The molecule has 0 bridgehead atoms. The van der Waals surface area contributed by atoms with E-state index in [1.165, 1.54) is 11.1 Å². The first kappa shape index (κ1) is 4.50. The highest BCUT2D eigenvalue weighted by Crippen LogP contribution is 2.41. The van der Waals surface area contributed by atoms with Gasteiger partial charge in [0, 0.05) is 12.4 Å². The Morgan fingerprint density at radius 1 is 1.50 bits per heavy atom. The lowest BCUT2D eigenvalue weighted by Crippen LogP contribution is -2.22. The second-order valence-corrected chi connectivity index (χ2v) is 2.66. The minimum Gasteiger partial charge on any atom is -0.261 e. The van der Waals surface area contributed by atoms with E-state index >= 15 is 0 Å². The van der Waals surface area contributed by atoms with E-state index in [-0.39, 0.29) is 0 Å². The molecule has 0 aromatic carbocycles. The molecule has 1 unspecified atom stereocenters. The Morgan fingerprint density at radius 3 is 3.40 bits per heavy atom. The minimum absolute atomic E-state index is 0.431. The Balaban J connectivity index is 2.08. The maximum absolute atomic E-state index is 4.18. The van der Waals surface area contributed by atoms with E-state index in [1.807, 2.05) is 17.3 Å². The molecule has 0 aromatic rings. The zero-order valence-corrected chi connectivity index (χ0v) is 5.36. The Morgan fingerprint density at radius 2 is 2.50 bits per heavy atom. The Bertz CT molecular complexity index is 307. The van der Waals surface area contributed by atoms with Crippen molar-refractivity contribution in [1.82, 2.24) is 5.01 Å². The maximum atomic E-state index is 4.18. The van der Waals surface area contributed by atoms with Crippen molar-refractivity contribution in [3.05, 3.63) is 35.6 Å². The summed E-state index contributed by atoms with van der Waals surface area (Å²) in [5.74, 6) is 0. The van der Waals surface area contributed by atoms with Gasteiger partial charge in [0.05, 0.1) is 6.04 Å². The van der Waals surface area contributed by atoms with Crippen LogP contribution in [0.3, 0.4) is 0 Å². The van der Waals surface area contributed by atoms with Gasteiger partial charge >= 0.3 is 0 Å². The van der Waals surface area contributed by atoms with Gasteiger partial charge in [-0.25, -0.2) is 0 Å². The zero-order valence-electron chi connectivity index (χ0n) is 5.36. The van der Waals surface area contributed by atoms with Crippen molar-refractivity contribution < 1.29 is 0 Å². The van der Waals surface area contributed by atoms with Gasteiger partial charge in [-0.05, 0) is 23.3 Å². The minimum atomic E-state index is 0.431.